The molecular weight excluding hydrogens is 363 g/mol. The van der Waals surface area contributed by atoms with Crippen LogP contribution >= 0.6 is 11.6 Å². The quantitative estimate of drug-likeness (QED) is 0.257. The highest BCUT2D eigenvalue weighted by molar-refractivity contribution is 6.26. The topological polar surface area (TPSA) is 125 Å². The molecule has 0 aliphatic carbocycles. The number of halogens is 4. The van der Waals surface area contributed by atoms with Crippen LogP contribution in [-0.2, 0) is 15.7 Å². The molecule has 132 valence electrons. The maximum Gasteiger partial charge on any atom is 0.416 e. The fourth-order valence-corrected chi connectivity index (χ4v) is 1.70. The molecule has 0 saturated heterocycles. The minimum absolute atomic E-state index is 0.181. The summed E-state index contributed by atoms with van der Waals surface area (Å²) in [5, 5.41) is 24.1. The summed E-state index contributed by atoms with van der Waals surface area (Å²) in [7, 11) is 0. The first kappa shape index (κ1) is 19.4. The van der Waals surface area contributed by atoms with Gasteiger partial charge >= 0.3 is 12.1 Å². The van der Waals surface area contributed by atoms with Gasteiger partial charge in [0.2, 0.25) is 0 Å². The molecule has 24 heavy (non-hydrogen) atoms. The SMILES string of the molecule is O=C(CCl)OCCNc1c([N+](=O)[O-])cc(C(F)(F)F)cc1[N+](=O)[O-]. The van der Waals surface area contributed by atoms with E-state index in [0.29, 0.717) is 0 Å². The number of nitro benzene ring substituents is 2. The van der Waals surface area contributed by atoms with Crippen molar-refractivity contribution in [1.82, 2.24) is 0 Å². The predicted molar refractivity (Wildman–Crippen MR) is 74.9 cm³/mol. The average Bonchev–Trinajstić information content (AvgIpc) is 2.49. The summed E-state index contributed by atoms with van der Waals surface area (Å²) >= 11 is 5.16. The lowest BCUT2D eigenvalue weighted by Crippen LogP contribution is -2.16. The van der Waals surface area contributed by atoms with E-state index < -0.39 is 50.5 Å². The normalized spacial score (nSPS) is 11.0. The van der Waals surface area contributed by atoms with Crippen LogP contribution in [0.15, 0.2) is 12.1 Å². The van der Waals surface area contributed by atoms with Gasteiger partial charge in [0.15, 0.2) is 5.69 Å². The van der Waals surface area contributed by atoms with Crippen molar-refractivity contribution in [1.29, 1.82) is 0 Å². The van der Waals surface area contributed by atoms with Crippen LogP contribution in [0.2, 0.25) is 0 Å². The second-order valence-corrected chi connectivity index (χ2v) is 4.45. The molecular formula is C11H9ClF3N3O6. The van der Waals surface area contributed by atoms with Gasteiger partial charge in [0.05, 0.1) is 15.4 Å². The van der Waals surface area contributed by atoms with Gasteiger partial charge in [-0.25, -0.2) is 0 Å². The van der Waals surface area contributed by atoms with Crippen LogP contribution in [0, 0.1) is 20.2 Å². The van der Waals surface area contributed by atoms with Crippen molar-refractivity contribution in [3.05, 3.63) is 37.9 Å². The van der Waals surface area contributed by atoms with E-state index in [4.69, 9.17) is 11.6 Å². The van der Waals surface area contributed by atoms with Crippen molar-refractivity contribution >= 4 is 34.6 Å². The van der Waals surface area contributed by atoms with Crippen LogP contribution < -0.4 is 5.32 Å². The third-order valence-corrected chi connectivity index (χ3v) is 2.81. The zero-order valence-electron chi connectivity index (χ0n) is 11.6. The number of hydrogen-bond acceptors (Lipinski definition) is 7. The Bertz CT molecular complexity index is 632. The number of anilines is 1. The lowest BCUT2D eigenvalue weighted by atomic mass is 10.1. The first-order valence-electron chi connectivity index (χ1n) is 6.07. The molecule has 1 N–H and O–H groups in total. The van der Waals surface area contributed by atoms with Gasteiger partial charge in [0, 0.05) is 18.7 Å². The molecule has 1 rings (SSSR count). The van der Waals surface area contributed by atoms with E-state index >= 15 is 0 Å². The molecule has 1 aromatic rings. The number of benzene rings is 1. The lowest BCUT2D eigenvalue weighted by Gasteiger charge is -2.11. The Labute approximate surface area is 136 Å². The molecule has 0 radical (unpaired) electrons. The summed E-state index contributed by atoms with van der Waals surface area (Å²) in [4.78, 5) is 30.3. The minimum Gasteiger partial charge on any atom is -0.463 e. The highest BCUT2D eigenvalue weighted by atomic mass is 35.5. The van der Waals surface area contributed by atoms with Crippen molar-refractivity contribution in [2.75, 3.05) is 24.3 Å². The standard InChI is InChI=1S/C11H9ClF3N3O6/c12-5-9(19)24-2-1-16-10-7(17(20)21)3-6(11(13,14)15)4-8(10)18(22)23/h3-4,16H,1-2,5H2. The van der Waals surface area contributed by atoms with Gasteiger partial charge in [-0.15, -0.1) is 11.6 Å². The van der Waals surface area contributed by atoms with E-state index in [0.717, 1.165) is 0 Å². The van der Waals surface area contributed by atoms with Crippen LogP contribution in [0.4, 0.5) is 30.2 Å². The maximum atomic E-state index is 12.7. The third kappa shape index (κ3) is 4.94. The summed E-state index contributed by atoms with van der Waals surface area (Å²) in [6.45, 7) is -0.656. The first-order valence-corrected chi connectivity index (χ1v) is 6.60. The lowest BCUT2D eigenvalue weighted by molar-refractivity contribution is -0.392. The molecule has 0 saturated carbocycles. The van der Waals surface area contributed by atoms with Gasteiger partial charge in [-0.2, -0.15) is 13.2 Å². The van der Waals surface area contributed by atoms with E-state index in [1.165, 1.54) is 0 Å². The number of rotatable bonds is 7. The first-order chi connectivity index (χ1) is 11.1. The molecule has 0 unspecified atom stereocenters. The smallest absolute Gasteiger partial charge is 0.416 e. The molecule has 0 aromatic heterocycles. The number of esters is 1. The third-order valence-electron chi connectivity index (χ3n) is 2.59. The van der Waals surface area contributed by atoms with Gasteiger partial charge in [-0.3, -0.25) is 25.0 Å². The molecule has 1 aromatic carbocycles. The predicted octanol–water partition coefficient (Wildman–Crippen LogP) is 2.72. The number of hydrogen-bond donors (Lipinski definition) is 1. The van der Waals surface area contributed by atoms with Crippen LogP contribution in [-0.4, -0.2) is 34.8 Å². The Kier molecular flexibility index (Phi) is 6.28. The van der Waals surface area contributed by atoms with Crippen molar-refractivity contribution in [3.63, 3.8) is 0 Å². The largest absolute Gasteiger partial charge is 0.463 e. The number of nitro groups is 2. The molecule has 0 aliphatic heterocycles. The fourth-order valence-electron chi connectivity index (χ4n) is 1.62. The Hall–Kier alpha value is -2.63. The van der Waals surface area contributed by atoms with Crippen molar-refractivity contribution in [3.8, 4) is 0 Å². The van der Waals surface area contributed by atoms with Crippen LogP contribution in [0.3, 0.4) is 0 Å². The van der Waals surface area contributed by atoms with E-state index in [2.05, 4.69) is 10.1 Å². The van der Waals surface area contributed by atoms with Crippen LogP contribution in [0.25, 0.3) is 0 Å². The van der Waals surface area contributed by atoms with Gasteiger partial charge in [0.1, 0.15) is 12.5 Å². The van der Waals surface area contributed by atoms with Gasteiger partial charge in [0.25, 0.3) is 11.4 Å². The zero-order chi connectivity index (χ0) is 18.5. The molecule has 0 atom stereocenters. The number of ether oxygens (including phenoxy) is 1. The molecule has 0 spiro atoms. The molecule has 0 fully saturated rings. The van der Waals surface area contributed by atoms with Crippen molar-refractivity contribution in [2.24, 2.45) is 0 Å². The zero-order valence-corrected chi connectivity index (χ0v) is 12.4. The number of carbonyl (C=O) groups is 1. The Balaban J connectivity index is 3.18. The van der Waals surface area contributed by atoms with Crippen LogP contribution in [0.5, 0.6) is 0 Å². The molecule has 0 aliphatic rings. The van der Waals surface area contributed by atoms with E-state index in [1.807, 2.05) is 0 Å². The fraction of sp³-hybridized carbons (Fsp3) is 0.364. The highest BCUT2D eigenvalue weighted by Gasteiger charge is 2.37. The molecule has 9 nitrogen and oxygen atoms in total. The van der Waals surface area contributed by atoms with Gasteiger partial charge in [-0.1, -0.05) is 0 Å². The molecule has 13 heteroatoms. The number of carbonyl (C=O) groups excluding carboxylic acids is 1. The van der Waals surface area contributed by atoms with Gasteiger partial charge in [-0.05, 0) is 0 Å². The Morgan fingerprint density at radius 2 is 1.71 bits per heavy atom. The molecule has 0 amide bonds. The summed E-state index contributed by atoms with van der Waals surface area (Å²) in [6.07, 6.45) is -5.00. The number of alkyl halides is 4. The highest BCUT2D eigenvalue weighted by Crippen LogP contribution is 2.41. The number of nitrogens with zero attached hydrogens (tertiary/aromatic N) is 2. The van der Waals surface area contributed by atoms with Crippen molar-refractivity contribution in [2.45, 2.75) is 6.18 Å². The average molecular weight is 372 g/mol. The van der Waals surface area contributed by atoms with E-state index in [-0.39, 0.29) is 25.3 Å². The van der Waals surface area contributed by atoms with Gasteiger partial charge < -0.3 is 10.1 Å². The minimum atomic E-state index is -5.00. The maximum absolute atomic E-state index is 12.7. The van der Waals surface area contributed by atoms with Crippen LogP contribution in [0.1, 0.15) is 5.56 Å². The van der Waals surface area contributed by atoms with E-state index in [1.54, 1.807) is 0 Å². The molecule has 0 bridgehead atoms. The summed E-state index contributed by atoms with van der Waals surface area (Å²) in [6, 6.07) is 0.361. The van der Waals surface area contributed by atoms with Crippen molar-refractivity contribution < 1.29 is 32.5 Å². The summed E-state index contributed by atoms with van der Waals surface area (Å²) in [5.41, 5.74) is -4.50. The summed E-state index contributed by atoms with van der Waals surface area (Å²) in [5.74, 6) is -1.24. The monoisotopic (exact) mass is 371 g/mol. The number of nitrogens with one attached hydrogen (secondary N) is 1. The second-order valence-electron chi connectivity index (χ2n) is 4.18. The second kappa shape index (κ2) is 7.77. The summed E-state index contributed by atoms with van der Waals surface area (Å²) < 4.78 is 42.7. The van der Waals surface area contributed by atoms with E-state index in [9.17, 15) is 38.2 Å². The Morgan fingerprint density at radius 1 is 1.21 bits per heavy atom. The Morgan fingerprint density at radius 3 is 2.08 bits per heavy atom. The molecule has 0 heterocycles.